The standard InChI is InChI=1S/C24H31N5O2S/c1-6-20(28(3)4)23-26-27-24(29(23)15-18-10-8-7-9-11-18)32-16-22(30)25-19-14-17(2)12-13-21(19)31-5/h7-14,20H,6,15-16H2,1-5H3,(H,25,30)/t20-/m1/s1. The number of nitrogens with one attached hydrogen (secondary N) is 1. The number of carbonyl (C=O) groups excluding carboxylic acids is 1. The maximum Gasteiger partial charge on any atom is 0.234 e. The molecule has 1 aromatic heterocycles. The molecule has 0 spiro atoms. The summed E-state index contributed by atoms with van der Waals surface area (Å²) in [6.45, 7) is 4.77. The number of carbonyl (C=O) groups is 1. The molecule has 32 heavy (non-hydrogen) atoms. The molecule has 0 bridgehead atoms. The highest BCUT2D eigenvalue weighted by Gasteiger charge is 2.22. The van der Waals surface area contributed by atoms with Gasteiger partial charge in [-0.25, -0.2) is 0 Å². The molecule has 0 aliphatic heterocycles. The first-order chi connectivity index (χ1) is 15.4. The second-order valence-corrected chi connectivity index (χ2v) is 8.78. The average Bonchev–Trinajstić information content (AvgIpc) is 3.15. The molecule has 2 aromatic carbocycles. The minimum Gasteiger partial charge on any atom is -0.495 e. The molecule has 0 saturated carbocycles. The van der Waals surface area contributed by atoms with Crippen molar-refractivity contribution in [1.29, 1.82) is 0 Å². The Morgan fingerprint density at radius 2 is 1.94 bits per heavy atom. The number of benzene rings is 2. The second kappa shape index (κ2) is 11.2. The monoisotopic (exact) mass is 453 g/mol. The van der Waals surface area contributed by atoms with Crippen LogP contribution < -0.4 is 10.1 Å². The summed E-state index contributed by atoms with van der Waals surface area (Å²) in [5.41, 5.74) is 2.89. The Morgan fingerprint density at radius 1 is 1.19 bits per heavy atom. The van der Waals surface area contributed by atoms with Crippen LogP contribution >= 0.6 is 11.8 Å². The number of thioether (sulfide) groups is 1. The molecule has 0 radical (unpaired) electrons. The molecule has 7 nitrogen and oxygen atoms in total. The lowest BCUT2D eigenvalue weighted by atomic mass is 10.2. The number of hydrogen-bond acceptors (Lipinski definition) is 6. The van der Waals surface area contributed by atoms with Crippen LogP contribution in [0.15, 0.2) is 53.7 Å². The summed E-state index contributed by atoms with van der Waals surface area (Å²) in [4.78, 5) is 14.8. The van der Waals surface area contributed by atoms with Crippen molar-refractivity contribution in [3.05, 3.63) is 65.5 Å². The van der Waals surface area contributed by atoms with Gasteiger partial charge in [0.15, 0.2) is 11.0 Å². The van der Waals surface area contributed by atoms with Crippen molar-refractivity contribution in [2.24, 2.45) is 0 Å². The van der Waals surface area contributed by atoms with E-state index in [0.29, 0.717) is 18.0 Å². The Hall–Kier alpha value is -2.84. The molecule has 1 heterocycles. The summed E-state index contributed by atoms with van der Waals surface area (Å²) < 4.78 is 7.48. The molecule has 0 unspecified atom stereocenters. The topological polar surface area (TPSA) is 72.3 Å². The Balaban J connectivity index is 1.79. The van der Waals surface area contributed by atoms with E-state index in [1.807, 2.05) is 57.4 Å². The van der Waals surface area contributed by atoms with Gasteiger partial charge in [-0.05, 0) is 50.7 Å². The third kappa shape index (κ3) is 5.89. The van der Waals surface area contributed by atoms with Crippen LogP contribution in [0, 0.1) is 6.92 Å². The molecule has 0 fully saturated rings. The number of hydrogen-bond donors (Lipinski definition) is 1. The zero-order valence-electron chi connectivity index (χ0n) is 19.3. The van der Waals surface area contributed by atoms with Crippen LogP contribution in [0.25, 0.3) is 0 Å². The highest BCUT2D eigenvalue weighted by molar-refractivity contribution is 7.99. The van der Waals surface area contributed by atoms with E-state index in [4.69, 9.17) is 4.74 Å². The van der Waals surface area contributed by atoms with E-state index < -0.39 is 0 Å². The largest absolute Gasteiger partial charge is 0.495 e. The number of methoxy groups -OCH3 is 1. The molecule has 1 atom stereocenters. The van der Waals surface area contributed by atoms with Gasteiger partial charge in [0.2, 0.25) is 5.91 Å². The molecular weight excluding hydrogens is 422 g/mol. The highest BCUT2D eigenvalue weighted by atomic mass is 32.2. The van der Waals surface area contributed by atoms with Crippen molar-refractivity contribution < 1.29 is 9.53 Å². The van der Waals surface area contributed by atoms with Crippen LogP contribution in [0.3, 0.4) is 0 Å². The average molecular weight is 454 g/mol. The summed E-state index contributed by atoms with van der Waals surface area (Å²) in [6, 6.07) is 16.1. The van der Waals surface area contributed by atoms with Gasteiger partial charge in [0.1, 0.15) is 5.75 Å². The molecule has 1 N–H and O–H groups in total. The molecule has 3 rings (SSSR count). The van der Waals surface area contributed by atoms with Crippen molar-refractivity contribution in [2.45, 2.75) is 38.0 Å². The number of amides is 1. The van der Waals surface area contributed by atoms with Gasteiger partial charge in [-0.15, -0.1) is 10.2 Å². The number of nitrogens with zero attached hydrogens (tertiary/aromatic N) is 4. The maximum atomic E-state index is 12.7. The summed E-state index contributed by atoms with van der Waals surface area (Å²) >= 11 is 1.39. The van der Waals surface area contributed by atoms with Crippen LogP contribution in [0.4, 0.5) is 5.69 Å². The van der Waals surface area contributed by atoms with Crippen LogP contribution in [0.5, 0.6) is 5.75 Å². The van der Waals surface area contributed by atoms with Crippen molar-refractivity contribution in [3.8, 4) is 5.75 Å². The summed E-state index contributed by atoms with van der Waals surface area (Å²) in [5.74, 6) is 1.65. The Labute approximate surface area is 194 Å². The van der Waals surface area contributed by atoms with Crippen LogP contribution in [-0.2, 0) is 11.3 Å². The van der Waals surface area contributed by atoms with Crippen molar-refractivity contribution >= 4 is 23.4 Å². The van der Waals surface area contributed by atoms with E-state index in [2.05, 4.69) is 44.0 Å². The molecule has 3 aromatic rings. The van der Waals surface area contributed by atoms with Gasteiger partial charge >= 0.3 is 0 Å². The van der Waals surface area contributed by atoms with Gasteiger partial charge in [-0.2, -0.15) is 0 Å². The van der Waals surface area contributed by atoms with Gasteiger partial charge < -0.3 is 14.6 Å². The van der Waals surface area contributed by atoms with Gasteiger partial charge in [-0.3, -0.25) is 9.69 Å². The van der Waals surface area contributed by atoms with E-state index in [9.17, 15) is 4.79 Å². The number of ether oxygens (including phenoxy) is 1. The van der Waals surface area contributed by atoms with Crippen LogP contribution in [0.1, 0.15) is 36.3 Å². The quantitative estimate of drug-likeness (QED) is 0.459. The smallest absolute Gasteiger partial charge is 0.234 e. The lowest BCUT2D eigenvalue weighted by Gasteiger charge is -2.23. The number of anilines is 1. The van der Waals surface area contributed by atoms with Crippen LogP contribution in [0.2, 0.25) is 0 Å². The lowest BCUT2D eigenvalue weighted by Crippen LogP contribution is -2.23. The number of rotatable bonds is 10. The maximum absolute atomic E-state index is 12.7. The van der Waals surface area contributed by atoms with Crippen molar-refractivity contribution in [2.75, 3.05) is 32.3 Å². The van der Waals surface area contributed by atoms with Gasteiger partial charge in [-0.1, -0.05) is 55.1 Å². The van der Waals surface area contributed by atoms with E-state index in [1.54, 1.807) is 7.11 Å². The fourth-order valence-electron chi connectivity index (χ4n) is 3.58. The van der Waals surface area contributed by atoms with Gasteiger partial charge in [0.05, 0.1) is 31.1 Å². The SMILES string of the molecule is CC[C@H](c1nnc(SCC(=O)Nc2cc(C)ccc2OC)n1Cc1ccccc1)N(C)C. The summed E-state index contributed by atoms with van der Waals surface area (Å²) in [7, 11) is 5.69. The van der Waals surface area contributed by atoms with E-state index in [0.717, 1.165) is 28.5 Å². The first-order valence-corrected chi connectivity index (χ1v) is 11.6. The molecule has 0 aliphatic carbocycles. The molecule has 0 aliphatic rings. The predicted octanol–water partition coefficient (Wildman–Crippen LogP) is 4.39. The third-order valence-corrected chi connectivity index (χ3v) is 6.17. The summed E-state index contributed by atoms with van der Waals surface area (Å²) in [6.07, 6.45) is 0.915. The normalized spacial score (nSPS) is 12.1. The Morgan fingerprint density at radius 3 is 2.59 bits per heavy atom. The van der Waals surface area contributed by atoms with E-state index in [-0.39, 0.29) is 17.7 Å². The van der Waals surface area contributed by atoms with Gasteiger partial charge in [0, 0.05) is 0 Å². The zero-order valence-corrected chi connectivity index (χ0v) is 20.1. The number of aryl methyl sites for hydroxylation is 1. The first kappa shape index (κ1) is 23.8. The molecular formula is C24H31N5O2S. The highest BCUT2D eigenvalue weighted by Crippen LogP contribution is 2.28. The van der Waals surface area contributed by atoms with Crippen molar-refractivity contribution in [3.63, 3.8) is 0 Å². The second-order valence-electron chi connectivity index (χ2n) is 7.84. The fraction of sp³-hybridized carbons (Fsp3) is 0.375. The van der Waals surface area contributed by atoms with E-state index in [1.165, 1.54) is 11.8 Å². The Kier molecular flexibility index (Phi) is 8.30. The predicted molar refractivity (Wildman–Crippen MR) is 129 cm³/mol. The zero-order chi connectivity index (χ0) is 23.1. The van der Waals surface area contributed by atoms with Crippen LogP contribution in [-0.4, -0.2) is 52.5 Å². The van der Waals surface area contributed by atoms with Crippen molar-refractivity contribution in [1.82, 2.24) is 19.7 Å². The minimum atomic E-state index is -0.116. The first-order valence-electron chi connectivity index (χ1n) is 10.6. The Bertz CT molecular complexity index is 1040. The van der Waals surface area contributed by atoms with Gasteiger partial charge in [0.25, 0.3) is 0 Å². The molecule has 8 heteroatoms. The van der Waals surface area contributed by atoms with E-state index >= 15 is 0 Å². The summed E-state index contributed by atoms with van der Waals surface area (Å²) in [5, 5.41) is 12.6. The molecule has 1 amide bonds. The minimum absolute atomic E-state index is 0.116. The lowest BCUT2D eigenvalue weighted by molar-refractivity contribution is -0.113. The molecule has 170 valence electrons. The number of aromatic nitrogens is 3. The fourth-order valence-corrected chi connectivity index (χ4v) is 4.33. The third-order valence-electron chi connectivity index (χ3n) is 5.20. The molecule has 0 saturated heterocycles.